The van der Waals surface area contributed by atoms with Crippen LogP contribution in [0.1, 0.15) is 38.8 Å². The highest BCUT2D eigenvalue weighted by molar-refractivity contribution is 5.97. The van der Waals surface area contributed by atoms with Crippen molar-refractivity contribution < 1.29 is 14.1 Å². The maximum atomic E-state index is 13.3. The number of nitrogens with zero attached hydrogens (tertiary/aromatic N) is 4. The highest BCUT2D eigenvalue weighted by atomic mass is 16.6. The van der Waals surface area contributed by atoms with Gasteiger partial charge < -0.3 is 18.8 Å². The molecule has 0 atom stereocenters. The normalized spacial score (nSPS) is 14.3. The van der Waals surface area contributed by atoms with Crippen LogP contribution >= 0.6 is 0 Å². The molecule has 0 N–H and O–H groups in total. The SMILES string of the molecule is C.CC(C)(C)Cn1c(=O)c([N+](=O)[O-])c(N2CCN(C(=O)c3ccco3)CC2)c2ccccc21. The number of anilines is 1. The number of furan rings is 1. The number of carbonyl (C=O) groups excluding carboxylic acids is 1. The van der Waals surface area contributed by atoms with Gasteiger partial charge in [-0.15, -0.1) is 0 Å². The fraction of sp³-hybridized carbons (Fsp3) is 0.417. The lowest BCUT2D eigenvalue weighted by Gasteiger charge is -2.36. The van der Waals surface area contributed by atoms with Gasteiger partial charge in [0.05, 0.1) is 16.7 Å². The van der Waals surface area contributed by atoms with Crippen molar-refractivity contribution in [3.8, 4) is 0 Å². The Bertz CT molecular complexity index is 1220. The molecule has 0 spiro atoms. The second-order valence-corrected chi connectivity index (χ2v) is 9.18. The number of nitro groups is 1. The smallest absolute Gasteiger partial charge is 0.357 e. The van der Waals surface area contributed by atoms with Crippen molar-refractivity contribution in [2.75, 3.05) is 31.1 Å². The number of rotatable bonds is 4. The Hall–Kier alpha value is -3.62. The maximum absolute atomic E-state index is 13.3. The molecule has 9 heteroatoms. The van der Waals surface area contributed by atoms with Gasteiger partial charge >= 0.3 is 11.2 Å². The zero-order chi connectivity index (χ0) is 23.0. The summed E-state index contributed by atoms with van der Waals surface area (Å²) in [5, 5.41) is 12.7. The lowest BCUT2D eigenvalue weighted by Crippen LogP contribution is -2.49. The standard InChI is InChI=1S/C23H26N4O5.CH4/c1-23(2,3)15-26-17-8-5-4-7-16(17)19(20(22(26)29)27(30)31)24-10-12-25(13-11-24)21(28)18-9-6-14-32-18;/h4-9,14H,10-13,15H2,1-3H3;1H4. The van der Waals surface area contributed by atoms with E-state index >= 15 is 0 Å². The summed E-state index contributed by atoms with van der Waals surface area (Å²) in [6.45, 7) is 7.82. The van der Waals surface area contributed by atoms with Gasteiger partial charge in [0.2, 0.25) is 0 Å². The van der Waals surface area contributed by atoms with E-state index in [0.717, 1.165) is 0 Å². The highest BCUT2D eigenvalue weighted by Crippen LogP contribution is 2.35. The Morgan fingerprint density at radius 1 is 1.09 bits per heavy atom. The molecule has 1 fully saturated rings. The molecule has 2 aromatic heterocycles. The molecule has 1 aromatic carbocycles. The number of amides is 1. The van der Waals surface area contributed by atoms with Gasteiger partial charge in [-0.25, -0.2) is 0 Å². The first kappa shape index (κ1) is 24.0. The number of hydrogen-bond acceptors (Lipinski definition) is 6. The minimum atomic E-state index is -0.604. The van der Waals surface area contributed by atoms with E-state index in [4.69, 9.17) is 4.42 Å². The van der Waals surface area contributed by atoms with E-state index in [2.05, 4.69) is 0 Å². The molecule has 0 radical (unpaired) electrons. The number of piperazine rings is 1. The van der Waals surface area contributed by atoms with E-state index in [-0.39, 0.29) is 24.5 Å². The van der Waals surface area contributed by atoms with E-state index in [1.807, 2.05) is 49.9 Å². The van der Waals surface area contributed by atoms with Crippen molar-refractivity contribution in [2.24, 2.45) is 5.41 Å². The predicted octanol–water partition coefficient (Wildman–Crippen LogP) is 4.15. The molecule has 176 valence electrons. The summed E-state index contributed by atoms with van der Waals surface area (Å²) < 4.78 is 6.71. The Morgan fingerprint density at radius 2 is 1.76 bits per heavy atom. The number of carbonyl (C=O) groups is 1. The van der Waals surface area contributed by atoms with Gasteiger partial charge in [-0.2, -0.15) is 0 Å². The van der Waals surface area contributed by atoms with Crippen LogP contribution in [0.25, 0.3) is 10.9 Å². The molecule has 0 aliphatic carbocycles. The number of hydrogen-bond donors (Lipinski definition) is 0. The third-order valence-electron chi connectivity index (χ3n) is 5.55. The van der Waals surface area contributed by atoms with Crippen LogP contribution in [-0.2, 0) is 6.54 Å². The first-order chi connectivity index (χ1) is 15.2. The lowest BCUT2D eigenvalue weighted by molar-refractivity contribution is -0.385. The van der Waals surface area contributed by atoms with Gasteiger partial charge in [0.25, 0.3) is 5.91 Å². The number of fused-ring (bicyclic) bond motifs is 1. The molecule has 1 saturated heterocycles. The van der Waals surface area contributed by atoms with E-state index < -0.39 is 16.2 Å². The van der Waals surface area contributed by atoms with Crippen LogP contribution in [0.2, 0.25) is 0 Å². The molecule has 3 aromatic rings. The van der Waals surface area contributed by atoms with Crippen molar-refractivity contribution in [2.45, 2.75) is 34.7 Å². The third kappa shape index (κ3) is 4.62. The van der Waals surface area contributed by atoms with Crippen LogP contribution < -0.4 is 10.5 Å². The number of benzene rings is 1. The highest BCUT2D eigenvalue weighted by Gasteiger charge is 2.33. The summed E-state index contributed by atoms with van der Waals surface area (Å²) in [5.74, 6) is 0.0502. The maximum Gasteiger partial charge on any atom is 0.357 e. The second-order valence-electron chi connectivity index (χ2n) is 9.18. The van der Waals surface area contributed by atoms with Gasteiger partial charge in [-0.1, -0.05) is 46.4 Å². The van der Waals surface area contributed by atoms with Crippen LogP contribution in [0.5, 0.6) is 0 Å². The number of aromatic nitrogens is 1. The van der Waals surface area contributed by atoms with Crippen molar-refractivity contribution in [3.63, 3.8) is 0 Å². The van der Waals surface area contributed by atoms with Gasteiger partial charge in [0, 0.05) is 38.1 Å². The summed E-state index contributed by atoms with van der Waals surface area (Å²) >= 11 is 0. The van der Waals surface area contributed by atoms with E-state index in [9.17, 15) is 19.7 Å². The zero-order valence-electron chi connectivity index (χ0n) is 18.4. The largest absolute Gasteiger partial charge is 0.459 e. The summed E-state index contributed by atoms with van der Waals surface area (Å²) in [7, 11) is 0. The number of pyridine rings is 1. The first-order valence-electron chi connectivity index (χ1n) is 10.5. The lowest BCUT2D eigenvalue weighted by atomic mass is 9.96. The van der Waals surface area contributed by atoms with Gasteiger partial charge in [0.15, 0.2) is 5.76 Å². The third-order valence-corrected chi connectivity index (χ3v) is 5.55. The van der Waals surface area contributed by atoms with Crippen LogP contribution in [-0.4, -0.2) is 46.5 Å². The average molecular weight is 455 g/mol. The summed E-state index contributed by atoms with van der Waals surface area (Å²) in [4.78, 5) is 40.9. The first-order valence-corrected chi connectivity index (χ1v) is 10.5. The van der Waals surface area contributed by atoms with Gasteiger partial charge in [-0.3, -0.25) is 19.7 Å². The fourth-order valence-electron chi connectivity index (χ4n) is 4.18. The topological polar surface area (TPSA) is 102 Å². The molecule has 3 heterocycles. The van der Waals surface area contributed by atoms with Crippen molar-refractivity contribution in [3.05, 3.63) is 68.9 Å². The second kappa shape index (κ2) is 9.09. The minimum absolute atomic E-state index is 0. The quantitative estimate of drug-likeness (QED) is 0.434. The summed E-state index contributed by atoms with van der Waals surface area (Å²) in [6, 6.07) is 10.6. The van der Waals surface area contributed by atoms with E-state index in [1.54, 1.807) is 17.0 Å². The Kier molecular flexibility index (Phi) is 6.62. The number of para-hydroxylation sites is 1. The molecule has 1 aliphatic rings. The molecule has 0 bridgehead atoms. The zero-order valence-corrected chi connectivity index (χ0v) is 18.4. The molecule has 0 saturated carbocycles. The van der Waals surface area contributed by atoms with Gasteiger partial charge in [-0.05, 0) is 23.6 Å². The van der Waals surface area contributed by atoms with Crippen molar-refractivity contribution in [1.82, 2.24) is 9.47 Å². The average Bonchev–Trinajstić information content (AvgIpc) is 3.29. The molecule has 1 amide bonds. The molecule has 33 heavy (non-hydrogen) atoms. The van der Waals surface area contributed by atoms with Crippen molar-refractivity contribution >= 4 is 28.2 Å². The van der Waals surface area contributed by atoms with Crippen LogP contribution in [0, 0.1) is 15.5 Å². The van der Waals surface area contributed by atoms with Crippen LogP contribution in [0.15, 0.2) is 51.9 Å². The monoisotopic (exact) mass is 454 g/mol. The molecule has 1 aliphatic heterocycles. The minimum Gasteiger partial charge on any atom is -0.459 e. The molecular weight excluding hydrogens is 424 g/mol. The van der Waals surface area contributed by atoms with Gasteiger partial charge in [0.1, 0.15) is 5.69 Å². The summed E-state index contributed by atoms with van der Waals surface area (Å²) in [5.41, 5.74) is -0.265. The van der Waals surface area contributed by atoms with Crippen molar-refractivity contribution in [1.29, 1.82) is 0 Å². The Labute approximate surface area is 192 Å². The fourth-order valence-corrected chi connectivity index (χ4v) is 4.18. The Morgan fingerprint density at radius 3 is 2.33 bits per heavy atom. The van der Waals surface area contributed by atoms with Crippen LogP contribution in [0.4, 0.5) is 11.4 Å². The van der Waals surface area contributed by atoms with E-state index in [1.165, 1.54) is 10.8 Å². The molecular formula is C24H30N4O5. The Balaban J connectivity index is 0.00000306. The van der Waals surface area contributed by atoms with Crippen LogP contribution in [0.3, 0.4) is 0 Å². The van der Waals surface area contributed by atoms with E-state index in [0.29, 0.717) is 49.3 Å². The molecule has 9 nitrogen and oxygen atoms in total. The summed E-state index contributed by atoms with van der Waals surface area (Å²) in [6.07, 6.45) is 1.45. The molecule has 4 rings (SSSR count). The predicted molar refractivity (Wildman–Crippen MR) is 128 cm³/mol. The molecule has 0 unspecified atom stereocenters.